The first-order valence-electron chi connectivity index (χ1n) is 4.60. The molecule has 0 aliphatic heterocycles. The van der Waals surface area contributed by atoms with Crippen LogP contribution in [-0.4, -0.2) is 9.55 Å². The Bertz CT molecular complexity index is 554. The minimum atomic E-state index is -4.40. The Hall–Kier alpha value is -1.72. The lowest BCUT2D eigenvalue weighted by Crippen LogP contribution is -2.06. The lowest BCUT2D eigenvalue weighted by molar-refractivity contribution is -0.137. The van der Waals surface area contributed by atoms with E-state index < -0.39 is 11.7 Å². The number of nitrogens with two attached hydrogens (primary N) is 1. The third kappa shape index (κ3) is 1.50. The number of hydrogen-bond acceptors (Lipinski definition) is 2. The van der Waals surface area contributed by atoms with Crippen molar-refractivity contribution in [3.63, 3.8) is 0 Å². The summed E-state index contributed by atoms with van der Waals surface area (Å²) in [7, 11) is 1.72. The number of aryl methyl sites for hydroxylation is 2. The number of hydrogen-bond donors (Lipinski definition) is 1. The molecule has 0 aliphatic carbocycles. The third-order valence-corrected chi connectivity index (χ3v) is 2.55. The van der Waals surface area contributed by atoms with Crippen LogP contribution >= 0.6 is 0 Å². The van der Waals surface area contributed by atoms with Crippen molar-refractivity contribution in [1.82, 2.24) is 9.55 Å². The van der Waals surface area contributed by atoms with Gasteiger partial charge in [0.05, 0.1) is 22.3 Å². The van der Waals surface area contributed by atoms with Gasteiger partial charge in [-0.2, -0.15) is 13.2 Å². The molecule has 2 aromatic rings. The molecular formula is C10H10F3N3. The zero-order valence-corrected chi connectivity index (χ0v) is 8.76. The fourth-order valence-electron chi connectivity index (χ4n) is 1.67. The number of anilines is 1. The van der Waals surface area contributed by atoms with Crippen LogP contribution in [0, 0.1) is 6.92 Å². The molecule has 0 radical (unpaired) electrons. The Morgan fingerprint density at radius 1 is 1.31 bits per heavy atom. The molecule has 1 aromatic heterocycles. The van der Waals surface area contributed by atoms with E-state index in [1.54, 1.807) is 18.5 Å². The maximum Gasteiger partial charge on any atom is 0.416 e. The standard InChI is InChI=1S/C10H10F3N3/c1-5-15-8-4-6(10(11,12)13)3-7(14)9(8)16(5)2/h3-4H,14H2,1-2H3. The number of imidazole rings is 1. The minimum absolute atomic E-state index is 0.0907. The minimum Gasteiger partial charge on any atom is -0.397 e. The van der Waals surface area contributed by atoms with E-state index >= 15 is 0 Å². The molecule has 0 atom stereocenters. The van der Waals surface area contributed by atoms with Gasteiger partial charge in [0.25, 0.3) is 0 Å². The number of alkyl halides is 3. The molecule has 3 nitrogen and oxygen atoms in total. The lowest BCUT2D eigenvalue weighted by Gasteiger charge is -2.08. The molecule has 16 heavy (non-hydrogen) atoms. The summed E-state index contributed by atoms with van der Waals surface area (Å²) in [6.07, 6.45) is -4.40. The molecule has 0 amide bonds. The molecule has 86 valence electrons. The smallest absolute Gasteiger partial charge is 0.397 e. The molecule has 0 fully saturated rings. The van der Waals surface area contributed by atoms with Gasteiger partial charge in [-0.1, -0.05) is 0 Å². The van der Waals surface area contributed by atoms with Crippen LogP contribution in [0.2, 0.25) is 0 Å². The summed E-state index contributed by atoms with van der Waals surface area (Å²) in [5, 5.41) is 0. The van der Waals surface area contributed by atoms with Gasteiger partial charge < -0.3 is 10.3 Å². The predicted molar refractivity (Wildman–Crippen MR) is 54.9 cm³/mol. The van der Waals surface area contributed by atoms with Crippen LogP contribution in [0.25, 0.3) is 11.0 Å². The van der Waals surface area contributed by atoms with E-state index in [2.05, 4.69) is 4.98 Å². The van der Waals surface area contributed by atoms with Crippen molar-refractivity contribution in [2.24, 2.45) is 7.05 Å². The van der Waals surface area contributed by atoms with E-state index in [0.717, 1.165) is 12.1 Å². The fourth-order valence-corrected chi connectivity index (χ4v) is 1.67. The van der Waals surface area contributed by atoms with Crippen molar-refractivity contribution in [2.75, 3.05) is 5.73 Å². The molecule has 0 spiro atoms. The van der Waals surface area contributed by atoms with E-state index in [9.17, 15) is 13.2 Å². The summed E-state index contributed by atoms with van der Waals surface area (Å²) in [5.41, 5.74) is 5.73. The molecular weight excluding hydrogens is 219 g/mol. The molecule has 6 heteroatoms. The van der Waals surface area contributed by atoms with Crippen molar-refractivity contribution in [3.05, 3.63) is 23.5 Å². The quantitative estimate of drug-likeness (QED) is 0.705. The van der Waals surface area contributed by atoms with Gasteiger partial charge in [-0.15, -0.1) is 0 Å². The predicted octanol–water partition coefficient (Wildman–Crippen LogP) is 2.48. The first-order chi connectivity index (χ1) is 7.30. The maximum absolute atomic E-state index is 12.5. The number of nitrogen functional groups attached to an aromatic ring is 1. The second-order valence-electron chi connectivity index (χ2n) is 3.65. The van der Waals surface area contributed by atoms with Crippen molar-refractivity contribution in [2.45, 2.75) is 13.1 Å². The summed E-state index contributed by atoms with van der Waals surface area (Å²) >= 11 is 0. The van der Waals surface area contributed by atoms with E-state index in [0.29, 0.717) is 11.3 Å². The molecule has 0 saturated heterocycles. The van der Waals surface area contributed by atoms with Crippen molar-refractivity contribution < 1.29 is 13.2 Å². The van der Waals surface area contributed by atoms with Gasteiger partial charge in [0, 0.05) is 7.05 Å². The average molecular weight is 229 g/mol. The first kappa shape index (κ1) is 10.8. The zero-order valence-electron chi connectivity index (χ0n) is 8.76. The Morgan fingerprint density at radius 3 is 2.50 bits per heavy atom. The average Bonchev–Trinajstić information content (AvgIpc) is 2.41. The van der Waals surface area contributed by atoms with Crippen molar-refractivity contribution >= 4 is 16.7 Å². The highest BCUT2D eigenvalue weighted by atomic mass is 19.4. The SMILES string of the molecule is Cc1nc2cc(C(F)(F)F)cc(N)c2n1C. The number of fused-ring (bicyclic) bond motifs is 1. The van der Waals surface area contributed by atoms with Crippen LogP contribution in [0.4, 0.5) is 18.9 Å². The van der Waals surface area contributed by atoms with Gasteiger partial charge in [0.15, 0.2) is 0 Å². The Kier molecular flexibility index (Phi) is 2.11. The van der Waals surface area contributed by atoms with Crippen molar-refractivity contribution in [3.8, 4) is 0 Å². The second kappa shape index (κ2) is 3.13. The highest BCUT2D eigenvalue weighted by molar-refractivity contribution is 5.88. The van der Waals surface area contributed by atoms with E-state index in [1.165, 1.54) is 0 Å². The zero-order chi connectivity index (χ0) is 12.1. The number of nitrogens with zero attached hydrogens (tertiary/aromatic N) is 2. The molecule has 0 unspecified atom stereocenters. The Balaban J connectivity index is 2.79. The van der Waals surface area contributed by atoms with Crippen LogP contribution < -0.4 is 5.73 Å². The van der Waals surface area contributed by atoms with Gasteiger partial charge in [-0.25, -0.2) is 4.98 Å². The highest BCUT2D eigenvalue weighted by Crippen LogP contribution is 2.34. The van der Waals surface area contributed by atoms with Crippen LogP contribution in [-0.2, 0) is 13.2 Å². The summed E-state index contributed by atoms with van der Waals surface area (Å²) in [5.74, 6) is 0.626. The van der Waals surface area contributed by atoms with Crippen LogP contribution in [0.1, 0.15) is 11.4 Å². The molecule has 2 rings (SSSR count). The third-order valence-electron chi connectivity index (χ3n) is 2.55. The Labute approximate surface area is 89.7 Å². The highest BCUT2D eigenvalue weighted by Gasteiger charge is 2.31. The number of rotatable bonds is 0. The molecule has 1 heterocycles. The lowest BCUT2D eigenvalue weighted by atomic mass is 10.1. The fraction of sp³-hybridized carbons (Fsp3) is 0.300. The molecule has 0 saturated carbocycles. The normalized spacial score (nSPS) is 12.3. The van der Waals surface area contributed by atoms with Gasteiger partial charge in [-0.3, -0.25) is 0 Å². The van der Waals surface area contributed by atoms with Gasteiger partial charge in [-0.05, 0) is 19.1 Å². The van der Waals surface area contributed by atoms with E-state index in [-0.39, 0.29) is 11.2 Å². The molecule has 0 bridgehead atoms. The molecule has 2 N–H and O–H groups in total. The number of benzene rings is 1. The molecule has 1 aromatic carbocycles. The second-order valence-corrected chi connectivity index (χ2v) is 3.65. The Morgan fingerprint density at radius 2 is 1.94 bits per heavy atom. The van der Waals surface area contributed by atoms with Crippen LogP contribution in [0.3, 0.4) is 0 Å². The van der Waals surface area contributed by atoms with E-state index in [1.807, 2.05) is 0 Å². The van der Waals surface area contributed by atoms with Crippen LogP contribution in [0.5, 0.6) is 0 Å². The van der Waals surface area contributed by atoms with E-state index in [4.69, 9.17) is 5.73 Å². The van der Waals surface area contributed by atoms with Gasteiger partial charge in [0.2, 0.25) is 0 Å². The topological polar surface area (TPSA) is 43.8 Å². The van der Waals surface area contributed by atoms with Gasteiger partial charge >= 0.3 is 6.18 Å². The summed E-state index contributed by atoms with van der Waals surface area (Å²) in [6, 6.07) is 1.95. The van der Waals surface area contributed by atoms with Crippen LogP contribution in [0.15, 0.2) is 12.1 Å². The molecule has 0 aliphatic rings. The van der Waals surface area contributed by atoms with Crippen molar-refractivity contribution in [1.29, 1.82) is 0 Å². The summed E-state index contributed by atoms with van der Waals surface area (Å²) in [4.78, 5) is 4.03. The summed E-state index contributed by atoms with van der Waals surface area (Å²) in [6.45, 7) is 1.71. The van der Waals surface area contributed by atoms with Gasteiger partial charge in [0.1, 0.15) is 5.82 Å². The maximum atomic E-state index is 12.5. The number of aromatic nitrogens is 2. The number of halogens is 3. The monoisotopic (exact) mass is 229 g/mol. The first-order valence-corrected chi connectivity index (χ1v) is 4.60. The largest absolute Gasteiger partial charge is 0.416 e. The summed E-state index contributed by atoms with van der Waals surface area (Å²) < 4.78 is 39.2.